The van der Waals surface area contributed by atoms with Crippen molar-refractivity contribution in [3.63, 3.8) is 0 Å². The number of piperidine rings is 1. The molecule has 0 aromatic heterocycles. The Kier molecular flexibility index (Phi) is 7.87. The zero-order valence-corrected chi connectivity index (χ0v) is 11.0. The molecule has 0 radical (unpaired) electrons. The summed E-state index contributed by atoms with van der Waals surface area (Å²) in [5.74, 6) is 0. The van der Waals surface area contributed by atoms with Gasteiger partial charge in [-0.25, -0.2) is 0 Å². The van der Waals surface area contributed by atoms with Crippen molar-refractivity contribution in [3.8, 4) is 0 Å². The van der Waals surface area contributed by atoms with E-state index in [2.05, 4.69) is 11.8 Å². The van der Waals surface area contributed by atoms with Crippen LogP contribution in [0, 0.1) is 0 Å². The van der Waals surface area contributed by atoms with Crippen LogP contribution in [0.5, 0.6) is 0 Å². The number of hydrogen-bond acceptors (Lipinski definition) is 2. The molecule has 1 atom stereocenters. The smallest absolute Gasteiger partial charge is 0.0445 e. The molecule has 0 saturated carbocycles. The minimum absolute atomic E-state index is 0.358. The molecule has 96 valence electrons. The lowest BCUT2D eigenvalue weighted by Gasteiger charge is -2.35. The molecule has 1 rings (SSSR count). The first-order valence-electron chi connectivity index (χ1n) is 7.23. The third-order valence-electron chi connectivity index (χ3n) is 3.76. The topological polar surface area (TPSA) is 23.5 Å². The van der Waals surface area contributed by atoms with Crippen molar-refractivity contribution in [1.82, 2.24) is 4.90 Å². The molecule has 2 nitrogen and oxygen atoms in total. The van der Waals surface area contributed by atoms with Crippen LogP contribution in [0.15, 0.2) is 0 Å². The Hall–Kier alpha value is -0.0800. The van der Waals surface area contributed by atoms with E-state index >= 15 is 0 Å². The Bertz CT molecular complexity index is 159. The molecule has 0 spiro atoms. The van der Waals surface area contributed by atoms with E-state index in [0.29, 0.717) is 12.6 Å². The SMILES string of the molecule is CCCCCCCN1CCCCC1CCO. The lowest BCUT2D eigenvalue weighted by molar-refractivity contribution is 0.117. The maximum Gasteiger partial charge on any atom is 0.0445 e. The molecule has 0 bridgehead atoms. The summed E-state index contributed by atoms with van der Waals surface area (Å²) in [5, 5.41) is 9.05. The number of nitrogens with zero attached hydrogens (tertiary/aromatic N) is 1. The van der Waals surface area contributed by atoms with Gasteiger partial charge in [0.25, 0.3) is 0 Å². The Morgan fingerprint density at radius 1 is 1.12 bits per heavy atom. The van der Waals surface area contributed by atoms with Gasteiger partial charge < -0.3 is 10.0 Å². The van der Waals surface area contributed by atoms with Gasteiger partial charge in [0.15, 0.2) is 0 Å². The lowest BCUT2D eigenvalue weighted by atomic mass is 9.99. The molecule has 1 aliphatic rings. The van der Waals surface area contributed by atoms with Crippen LogP contribution in [0.3, 0.4) is 0 Å². The van der Waals surface area contributed by atoms with E-state index in [-0.39, 0.29) is 0 Å². The Balaban J connectivity index is 2.11. The highest BCUT2D eigenvalue weighted by Gasteiger charge is 2.20. The van der Waals surface area contributed by atoms with Gasteiger partial charge in [-0.2, -0.15) is 0 Å². The molecule has 1 fully saturated rings. The molecule has 1 aliphatic heterocycles. The second-order valence-corrected chi connectivity index (χ2v) is 5.11. The number of hydrogen-bond donors (Lipinski definition) is 1. The highest BCUT2D eigenvalue weighted by atomic mass is 16.3. The van der Waals surface area contributed by atoms with E-state index in [1.54, 1.807) is 0 Å². The van der Waals surface area contributed by atoms with Gasteiger partial charge in [0, 0.05) is 12.6 Å². The summed E-state index contributed by atoms with van der Waals surface area (Å²) in [6.45, 7) is 5.14. The molecule has 1 saturated heterocycles. The zero-order chi connectivity index (χ0) is 11.6. The van der Waals surface area contributed by atoms with Gasteiger partial charge in [0.05, 0.1) is 0 Å². The quantitative estimate of drug-likeness (QED) is 0.644. The van der Waals surface area contributed by atoms with Crippen LogP contribution >= 0.6 is 0 Å². The first-order valence-corrected chi connectivity index (χ1v) is 7.23. The van der Waals surface area contributed by atoms with Crippen LogP contribution in [-0.4, -0.2) is 35.7 Å². The minimum atomic E-state index is 0.358. The van der Waals surface area contributed by atoms with Crippen molar-refractivity contribution in [2.75, 3.05) is 19.7 Å². The van der Waals surface area contributed by atoms with E-state index in [1.807, 2.05) is 0 Å². The first-order chi connectivity index (χ1) is 7.88. The molecular formula is C14H29NO. The third kappa shape index (κ3) is 5.31. The van der Waals surface area contributed by atoms with Gasteiger partial charge in [-0.05, 0) is 38.8 Å². The summed E-state index contributed by atoms with van der Waals surface area (Å²) in [7, 11) is 0. The van der Waals surface area contributed by atoms with Crippen LogP contribution in [0.1, 0.15) is 64.7 Å². The third-order valence-corrected chi connectivity index (χ3v) is 3.76. The van der Waals surface area contributed by atoms with Crippen molar-refractivity contribution in [2.24, 2.45) is 0 Å². The van der Waals surface area contributed by atoms with Crippen LogP contribution in [0.4, 0.5) is 0 Å². The number of aliphatic hydroxyl groups excluding tert-OH is 1. The van der Waals surface area contributed by atoms with Gasteiger partial charge in [-0.3, -0.25) is 0 Å². The fraction of sp³-hybridized carbons (Fsp3) is 1.00. The minimum Gasteiger partial charge on any atom is -0.396 e. The number of rotatable bonds is 8. The predicted octanol–water partition coefficient (Wildman–Crippen LogP) is 3.19. The van der Waals surface area contributed by atoms with Crippen molar-refractivity contribution in [3.05, 3.63) is 0 Å². The molecule has 1 unspecified atom stereocenters. The average molecular weight is 227 g/mol. The van der Waals surface area contributed by atoms with Crippen molar-refractivity contribution >= 4 is 0 Å². The Labute approximate surface area is 101 Å². The zero-order valence-electron chi connectivity index (χ0n) is 11.0. The molecule has 1 heterocycles. The van der Waals surface area contributed by atoms with Gasteiger partial charge in [-0.15, -0.1) is 0 Å². The molecular weight excluding hydrogens is 198 g/mol. The fourth-order valence-electron chi connectivity index (χ4n) is 2.75. The second-order valence-electron chi connectivity index (χ2n) is 5.11. The Morgan fingerprint density at radius 2 is 1.94 bits per heavy atom. The van der Waals surface area contributed by atoms with Gasteiger partial charge in [0.2, 0.25) is 0 Å². The van der Waals surface area contributed by atoms with Crippen LogP contribution < -0.4 is 0 Å². The molecule has 1 N–H and O–H groups in total. The molecule has 2 heteroatoms. The number of aliphatic hydroxyl groups is 1. The van der Waals surface area contributed by atoms with Crippen LogP contribution in [0.2, 0.25) is 0 Å². The fourth-order valence-corrected chi connectivity index (χ4v) is 2.75. The molecule has 16 heavy (non-hydrogen) atoms. The van der Waals surface area contributed by atoms with Gasteiger partial charge >= 0.3 is 0 Å². The Morgan fingerprint density at radius 3 is 2.69 bits per heavy atom. The van der Waals surface area contributed by atoms with Gasteiger partial charge in [-0.1, -0.05) is 39.0 Å². The monoisotopic (exact) mass is 227 g/mol. The van der Waals surface area contributed by atoms with Crippen molar-refractivity contribution in [2.45, 2.75) is 70.8 Å². The summed E-state index contributed by atoms with van der Waals surface area (Å²) in [6, 6.07) is 0.671. The lowest BCUT2D eigenvalue weighted by Crippen LogP contribution is -2.40. The number of unbranched alkanes of at least 4 members (excludes halogenated alkanes) is 4. The van der Waals surface area contributed by atoms with Crippen molar-refractivity contribution in [1.29, 1.82) is 0 Å². The highest BCUT2D eigenvalue weighted by molar-refractivity contribution is 4.76. The first kappa shape index (κ1) is 14.0. The summed E-state index contributed by atoms with van der Waals surface area (Å²) < 4.78 is 0. The molecule has 0 amide bonds. The summed E-state index contributed by atoms with van der Waals surface area (Å²) in [6.07, 6.45) is 11.8. The van der Waals surface area contributed by atoms with E-state index in [0.717, 1.165) is 6.42 Å². The maximum absolute atomic E-state index is 9.05. The summed E-state index contributed by atoms with van der Waals surface area (Å²) in [5.41, 5.74) is 0. The summed E-state index contributed by atoms with van der Waals surface area (Å²) >= 11 is 0. The highest BCUT2D eigenvalue weighted by Crippen LogP contribution is 2.20. The van der Waals surface area contributed by atoms with E-state index < -0.39 is 0 Å². The molecule has 0 aliphatic carbocycles. The van der Waals surface area contributed by atoms with E-state index in [1.165, 1.54) is 64.5 Å². The molecule has 0 aromatic rings. The predicted molar refractivity (Wildman–Crippen MR) is 69.7 cm³/mol. The largest absolute Gasteiger partial charge is 0.396 e. The van der Waals surface area contributed by atoms with E-state index in [9.17, 15) is 0 Å². The van der Waals surface area contributed by atoms with Gasteiger partial charge in [0.1, 0.15) is 0 Å². The van der Waals surface area contributed by atoms with Crippen LogP contribution in [0.25, 0.3) is 0 Å². The van der Waals surface area contributed by atoms with Crippen molar-refractivity contribution < 1.29 is 5.11 Å². The summed E-state index contributed by atoms with van der Waals surface area (Å²) in [4.78, 5) is 2.62. The van der Waals surface area contributed by atoms with Crippen LogP contribution in [-0.2, 0) is 0 Å². The van der Waals surface area contributed by atoms with E-state index in [4.69, 9.17) is 5.11 Å². The molecule has 0 aromatic carbocycles. The second kappa shape index (κ2) is 9.00. The normalized spacial score (nSPS) is 22.5. The maximum atomic E-state index is 9.05. The standard InChI is InChI=1S/C14H29NO/c1-2-3-4-5-7-11-15-12-8-6-9-14(15)10-13-16/h14,16H,2-13H2,1H3. The average Bonchev–Trinajstić information content (AvgIpc) is 2.31. The number of likely N-dealkylation sites (tertiary alicyclic amines) is 1.